The van der Waals surface area contributed by atoms with E-state index in [1.165, 1.54) is 5.56 Å². The monoisotopic (exact) mass is 188 g/mol. The first-order chi connectivity index (χ1) is 6.74. The zero-order valence-electron chi connectivity index (χ0n) is 8.20. The number of hydrogen-bond acceptors (Lipinski definition) is 3. The third-order valence-electron chi connectivity index (χ3n) is 1.90. The number of aromatic nitrogens is 3. The molecule has 0 saturated carbocycles. The highest BCUT2D eigenvalue weighted by atomic mass is 15.3. The maximum Gasteiger partial charge on any atom is 0.246 e. The summed E-state index contributed by atoms with van der Waals surface area (Å²) in [5.41, 5.74) is 2.23. The summed E-state index contributed by atoms with van der Waals surface area (Å²) in [7, 11) is 0. The SMILES string of the molecule is Cc1ccc(Nc2n[nH]c(C)n2)cc1. The van der Waals surface area contributed by atoms with Gasteiger partial charge in [0.1, 0.15) is 5.82 Å². The van der Waals surface area contributed by atoms with E-state index < -0.39 is 0 Å². The second kappa shape index (κ2) is 3.49. The van der Waals surface area contributed by atoms with Crippen LogP contribution in [0.3, 0.4) is 0 Å². The van der Waals surface area contributed by atoms with Crippen molar-refractivity contribution < 1.29 is 0 Å². The predicted octanol–water partition coefficient (Wildman–Crippen LogP) is 2.17. The van der Waals surface area contributed by atoms with Crippen LogP contribution in [0.1, 0.15) is 11.4 Å². The summed E-state index contributed by atoms with van der Waals surface area (Å²) in [4.78, 5) is 4.15. The highest BCUT2D eigenvalue weighted by molar-refractivity contribution is 5.53. The van der Waals surface area contributed by atoms with Gasteiger partial charge in [-0.05, 0) is 26.0 Å². The summed E-state index contributed by atoms with van der Waals surface area (Å²) < 4.78 is 0. The van der Waals surface area contributed by atoms with Crippen LogP contribution in [0.25, 0.3) is 0 Å². The molecule has 0 amide bonds. The second-order valence-electron chi connectivity index (χ2n) is 3.24. The fourth-order valence-electron chi connectivity index (χ4n) is 1.16. The Morgan fingerprint density at radius 3 is 2.43 bits per heavy atom. The molecule has 4 nitrogen and oxygen atoms in total. The first-order valence-corrected chi connectivity index (χ1v) is 4.47. The Hall–Kier alpha value is -1.84. The van der Waals surface area contributed by atoms with Gasteiger partial charge in [0.05, 0.1) is 0 Å². The van der Waals surface area contributed by atoms with Crippen molar-refractivity contribution in [1.82, 2.24) is 15.2 Å². The quantitative estimate of drug-likeness (QED) is 0.759. The van der Waals surface area contributed by atoms with E-state index in [1.807, 2.05) is 31.2 Å². The first-order valence-electron chi connectivity index (χ1n) is 4.47. The van der Waals surface area contributed by atoms with E-state index in [4.69, 9.17) is 0 Å². The molecule has 2 aromatic rings. The van der Waals surface area contributed by atoms with Gasteiger partial charge in [-0.2, -0.15) is 4.98 Å². The molecule has 0 bridgehead atoms. The molecule has 0 saturated heterocycles. The fourth-order valence-corrected chi connectivity index (χ4v) is 1.16. The highest BCUT2D eigenvalue weighted by Crippen LogP contribution is 2.12. The number of aromatic amines is 1. The minimum Gasteiger partial charge on any atom is -0.323 e. The standard InChI is InChI=1S/C10H12N4/c1-7-3-5-9(6-4-7)12-10-11-8(2)13-14-10/h3-6H,1-2H3,(H2,11,12,13,14). The van der Waals surface area contributed by atoms with Gasteiger partial charge in [0.15, 0.2) is 0 Å². The molecule has 2 N–H and O–H groups in total. The van der Waals surface area contributed by atoms with E-state index in [-0.39, 0.29) is 0 Å². The van der Waals surface area contributed by atoms with Crippen LogP contribution in [0.2, 0.25) is 0 Å². The summed E-state index contributed by atoms with van der Waals surface area (Å²) >= 11 is 0. The molecule has 0 aliphatic rings. The summed E-state index contributed by atoms with van der Waals surface area (Å²) in [6, 6.07) is 8.09. The van der Waals surface area contributed by atoms with Crippen molar-refractivity contribution in [2.24, 2.45) is 0 Å². The molecule has 1 aromatic heterocycles. The molecule has 0 atom stereocenters. The maximum absolute atomic E-state index is 4.15. The summed E-state index contributed by atoms with van der Waals surface area (Å²) in [6.07, 6.45) is 0. The molecule has 0 spiro atoms. The van der Waals surface area contributed by atoms with Crippen molar-refractivity contribution in [3.8, 4) is 0 Å². The predicted molar refractivity (Wildman–Crippen MR) is 55.6 cm³/mol. The molecule has 72 valence electrons. The van der Waals surface area contributed by atoms with Gasteiger partial charge in [-0.3, -0.25) is 5.10 Å². The average molecular weight is 188 g/mol. The van der Waals surface area contributed by atoms with E-state index in [2.05, 4.69) is 27.4 Å². The lowest BCUT2D eigenvalue weighted by Gasteiger charge is -2.00. The van der Waals surface area contributed by atoms with E-state index in [0.717, 1.165) is 11.5 Å². The number of benzene rings is 1. The molecule has 14 heavy (non-hydrogen) atoms. The molecule has 1 aromatic carbocycles. The lowest BCUT2D eigenvalue weighted by atomic mass is 10.2. The molecule has 4 heteroatoms. The molecular formula is C10H12N4. The fraction of sp³-hybridized carbons (Fsp3) is 0.200. The van der Waals surface area contributed by atoms with Crippen LogP contribution in [0.4, 0.5) is 11.6 Å². The van der Waals surface area contributed by atoms with Crippen molar-refractivity contribution in [1.29, 1.82) is 0 Å². The Balaban J connectivity index is 2.15. The van der Waals surface area contributed by atoms with Gasteiger partial charge in [0, 0.05) is 5.69 Å². The molecule has 0 aliphatic carbocycles. The van der Waals surface area contributed by atoms with Crippen LogP contribution in [0.15, 0.2) is 24.3 Å². The van der Waals surface area contributed by atoms with Gasteiger partial charge < -0.3 is 5.32 Å². The average Bonchev–Trinajstić information content (AvgIpc) is 2.56. The zero-order valence-corrected chi connectivity index (χ0v) is 8.20. The molecular weight excluding hydrogens is 176 g/mol. The lowest BCUT2D eigenvalue weighted by molar-refractivity contribution is 1.04. The summed E-state index contributed by atoms with van der Waals surface area (Å²) in [6.45, 7) is 3.92. The van der Waals surface area contributed by atoms with Crippen molar-refractivity contribution >= 4 is 11.6 Å². The summed E-state index contributed by atoms with van der Waals surface area (Å²) in [5, 5.41) is 9.86. The second-order valence-corrected chi connectivity index (χ2v) is 3.24. The van der Waals surface area contributed by atoms with E-state index >= 15 is 0 Å². The van der Waals surface area contributed by atoms with Crippen molar-refractivity contribution in [2.75, 3.05) is 5.32 Å². The van der Waals surface area contributed by atoms with E-state index in [1.54, 1.807) is 0 Å². The van der Waals surface area contributed by atoms with E-state index in [9.17, 15) is 0 Å². The van der Waals surface area contributed by atoms with Crippen LogP contribution in [0.5, 0.6) is 0 Å². The largest absolute Gasteiger partial charge is 0.323 e. The number of aryl methyl sites for hydroxylation is 2. The van der Waals surface area contributed by atoms with Crippen LogP contribution in [0, 0.1) is 13.8 Å². The Morgan fingerprint density at radius 2 is 1.86 bits per heavy atom. The van der Waals surface area contributed by atoms with Crippen LogP contribution in [-0.4, -0.2) is 15.2 Å². The van der Waals surface area contributed by atoms with Gasteiger partial charge in [-0.25, -0.2) is 0 Å². The molecule has 0 radical (unpaired) electrons. The normalized spacial score (nSPS) is 10.1. The van der Waals surface area contributed by atoms with Gasteiger partial charge in [0.25, 0.3) is 0 Å². The maximum atomic E-state index is 4.15. The Bertz CT molecular complexity index is 416. The Morgan fingerprint density at radius 1 is 1.14 bits per heavy atom. The Labute approximate surface area is 82.4 Å². The van der Waals surface area contributed by atoms with Crippen molar-refractivity contribution in [3.05, 3.63) is 35.7 Å². The number of hydrogen-bond donors (Lipinski definition) is 2. The molecule has 0 aliphatic heterocycles. The number of anilines is 2. The highest BCUT2D eigenvalue weighted by Gasteiger charge is 1.98. The zero-order chi connectivity index (χ0) is 9.97. The minimum absolute atomic E-state index is 0.603. The molecule has 2 rings (SSSR count). The third-order valence-corrected chi connectivity index (χ3v) is 1.90. The van der Waals surface area contributed by atoms with Crippen molar-refractivity contribution in [3.63, 3.8) is 0 Å². The number of rotatable bonds is 2. The third kappa shape index (κ3) is 1.90. The topological polar surface area (TPSA) is 53.6 Å². The smallest absolute Gasteiger partial charge is 0.246 e. The minimum atomic E-state index is 0.603. The first kappa shape index (κ1) is 8.74. The lowest BCUT2D eigenvalue weighted by Crippen LogP contribution is -1.92. The van der Waals surface area contributed by atoms with Crippen LogP contribution < -0.4 is 5.32 Å². The number of H-pyrrole nitrogens is 1. The molecule has 0 unspecified atom stereocenters. The molecule has 0 fully saturated rings. The van der Waals surface area contributed by atoms with Gasteiger partial charge in [-0.15, -0.1) is 5.10 Å². The number of nitrogens with one attached hydrogen (secondary N) is 2. The van der Waals surface area contributed by atoms with Gasteiger partial charge >= 0.3 is 0 Å². The van der Waals surface area contributed by atoms with Crippen LogP contribution in [-0.2, 0) is 0 Å². The van der Waals surface area contributed by atoms with Gasteiger partial charge in [-0.1, -0.05) is 17.7 Å². The van der Waals surface area contributed by atoms with Crippen molar-refractivity contribution in [2.45, 2.75) is 13.8 Å². The van der Waals surface area contributed by atoms with E-state index in [0.29, 0.717) is 5.95 Å². The van der Waals surface area contributed by atoms with Gasteiger partial charge in [0.2, 0.25) is 5.95 Å². The Kier molecular flexibility index (Phi) is 2.18. The summed E-state index contributed by atoms with van der Waals surface area (Å²) in [5.74, 6) is 1.41. The molecule has 1 heterocycles. The number of nitrogens with zero attached hydrogens (tertiary/aromatic N) is 2. The van der Waals surface area contributed by atoms with Crippen LogP contribution >= 0.6 is 0 Å².